The Kier molecular flexibility index (Phi) is 2.69. The van der Waals surface area contributed by atoms with E-state index in [1.54, 1.807) is 16.6 Å². The number of pyridine rings is 1. The van der Waals surface area contributed by atoms with Crippen LogP contribution in [0.5, 0.6) is 0 Å². The van der Waals surface area contributed by atoms with E-state index in [-0.39, 0.29) is 0 Å². The lowest BCUT2D eigenvalue weighted by Gasteiger charge is -2.08. The highest BCUT2D eigenvalue weighted by Gasteiger charge is 2.10. The number of hydrogen-bond acceptors (Lipinski definition) is 3. The largest absolute Gasteiger partial charge is 0.215 e. The molecule has 2 aromatic heterocycles. The summed E-state index contributed by atoms with van der Waals surface area (Å²) in [7, 11) is 0. The van der Waals surface area contributed by atoms with E-state index < -0.39 is 0 Å². The number of rotatable bonds is 1. The predicted octanol–water partition coefficient (Wildman–Crippen LogP) is 3.23. The first kappa shape index (κ1) is 11.7. The third kappa shape index (κ3) is 1.94. The zero-order chi connectivity index (χ0) is 13.4. The maximum Gasteiger partial charge on any atom is 0.157 e. The van der Waals surface area contributed by atoms with Crippen LogP contribution in [0.4, 0.5) is 0 Å². The van der Waals surface area contributed by atoms with Gasteiger partial charge in [0.2, 0.25) is 0 Å². The van der Waals surface area contributed by atoms with E-state index in [1.165, 1.54) is 6.33 Å². The van der Waals surface area contributed by atoms with Gasteiger partial charge in [-0.05, 0) is 30.7 Å². The van der Waals surface area contributed by atoms with Crippen LogP contribution in [0.3, 0.4) is 0 Å². The maximum atomic E-state index is 8.91. The first-order chi connectivity index (χ1) is 9.19. The van der Waals surface area contributed by atoms with Crippen molar-refractivity contribution in [3.63, 3.8) is 0 Å². The van der Waals surface area contributed by atoms with Crippen LogP contribution in [-0.4, -0.2) is 14.6 Å². The van der Waals surface area contributed by atoms with Crippen molar-refractivity contribution in [3.8, 4) is 17.3 Å². The lowest BCUT2D eigenvalue weighted by molar-refractivity contribution is 0.968. The number of aromatic nitrogens is 3. The summed E-state index contributed by atoms with van der Waals surface area (Å²) in [6.45, 7) is 1.96. The summed E-state index contributed by atoms with van der Waals surface area (Å²) in [6, 6.07) is 11.3. The highest BCUT2D eigenvalue weighted by Crippen LogP contribution is 2.27. The van der Waals surface area contributed by atoms with Crippen molar-refractivity contribution in [2.45, 2.75) is 6.92 Å². The predicted molar refractivity (Wildman–Crippen MR) is 72.9 cm³/mol. The Balaban J connectivity index is 2.30. The molecular weight excluding hydrogens is 260 g/mol. The lowest BCUT2D eigenvalue weighted by Crippen LogP contribution is -1.96. The molecule has 1 aromatic carbocycles. The number of aryl methyl sites for hydroxylation is 1. The summed E-state index contributed by atoms with van der Waals surface area (Å²) in [4.78, 5) is 4.14. The molecule has 0 N–H and O–H groups in total. The Hall–Kier alpha value is -2.38. The first-order valence-electron chi connectivity index (χ1n) is 5.69. The zero-order valence-electron chi connectivity index (χ0n) is 10.1. The summed E-state index contributed by atoms with van der Waals surface area (Å²) in [6.07, 6.45) is 1.49. The molecule has 0 aliphatic carbocycles. The minimum atomic E-state index is 0.610. The minimum Gasteiger partial charge on any atom is -0.215 e. The van der Waals surface area contributed by atoms with Gasteiger partial charge >= 0.3 is 0 Å². The fourth-order valence-corrected chi connectivity index (χ4v) is 2.30. The molecule has 0 fully saturated rings. The molecule has 0 spiro atoms. The number of fused-ring (bicyclic) bond motifs is 1. The Morgan fingerprint density at radius 1 is 1.26 bits per heavy atom. The molecule has 0 saturated heterocycles. The average molecular weight is 269 g/mol. The van der Waals surface area contributed by atoms with E-state index in [1.807, 2.05) is 25.1 Å². The van der Waals surface area contributed by atoms with Gasteiger partial charge in [0.25, 0.3) is 0 Å². The van der Waals surface area contributed by atoms with Gasteiger partial charge in [0.05, 0.1) is 17.3 Å². The molecule has 0 unspecified atom stereocenters. The maximum absolute atomic E-state index is 8.91. The quantitative estimate of drug-likeness (QED) is 0.681. The van der Waals surface area contributed by atoms with Crippen LogP contribution in [0.25, 0.3) is 16.9 Å². The number of halogens is 1. The molecule has 5 heteroatoms. The second-order valence-corrected chi connectivity index (χ2v) is 4.67. The van der Waals surface area contributed by atoms with Crippen molar-refractivity contribution in [1.29, 1.82) is 5.26 Å². The van der Waals surface area contributed by atoms with Crippen molar-refractivity contribution in [2.75, 3.05) is 0 Å². The van der Waals surface area contributed by atoms with Gasteiger partial charge < -0.3 is 0 Å². The molecule has 0 saturated carbocycles. The third-order valence-corrected chi connectivity index (χ3v) is 3.19. The number of nitrogens with zero attached hydrogens (tertiary/aromatic N) is 4. The second-order valence-electron chi connectivity index (χ2n) is 4.23. The molecule has 0 bridgehead atoms. The molecule has 0 aliphatic rings. The summed E-state index contributed by atoms with van der Waals surface area (Å²) in [5.41, 5.74) is 4.18. The van der Waals surface area contributed by atoms with Crippen LogP contribution in [-0.2, 0) is 0 Å². The molecular formula is C14H9ClN4. The fourth-order valence-electron chi connectivity index (χ4n) is 2.10. The number of hydrogen-bond donors (Lipinski definition) is 0. The zero-order valence-corrected chi connectivity index (χ0v) is 10.9. The summed E-state index contributed by atoms with van der Waals surface area (Å²) >= 11 is 6.11. The van der Waals surface area contributed by atoms with Gasteiger partial charge in [0.15, 0.2) is 5.65 Å². The first-order valence-corrected chi connectivity index (χ1v) is 6.07. The van der Waals surface area contributed by atoms with Crippen LogP contribution < -0.4 is 0 Å². The fraction of sp³-hybridized carbons (Fsp3) is 0.0714. The summed E-state index contributed by atoms with van der Waals surface area (Å²) < 4.78 is 1.74. The SMILES string of the molecule is Cc1cc(C#N)ccc1-c1cc(Cl)cc2ncnn12. The smallest absolute Gasteiger partial charge is 0.157 e. The van der Waals surface area contributed by atoms with Crippen molar-refractivity contribution in [1.82, 2.24) is 14.6 Å². The molecule has 3 aromatic rings. The van der Waals surface area contributed by atoms with Gasteiger partial charge in [0.1, 0.15) is 6.33 Å². The van der Waals surface area contributed by atoms with E-state index in [9.17, 15) is 0 Å². The summed E-state index contributed by atoms with van der Waals surface area (Å²) in [5, 5.41) is 13.7. The van der Waals surface area contributed by atoms with E-state index in [0.717, 1.165) is 16.8 Å². The Labute approximate surface area is 114 Å². The topological polar surface area (TPSA) is 54.0 Å². The molecule has 0 radical (unpaired) electrons. The number of nitriles is 1. The molecule has 4 nitrogen and oxygen atoms in total. The Morgan fingerprint density at radius 3 is 2.84 bits per heavy atom. The van der Waals surface area contributed by atoms with E-state index in [0.29, 0.717) is 16.2 Å². The highest BCUT2D eigenvalue weighted by atomic mass is 35.5. The summed E-state index contributed by atoms with van der Waals surface area (Å²) in [5.74, 6) is 0. The average Bonchev–Trinajstić information content (AvgIpc) is 2.85. The van der Waals surface area contributed by atoms with Crippen LogP contribution in [0.15, 0.2) is 36.7 Å². The van der Waals surface area contributed by atoms with Crippen LogP contribution in [0.2, 0.25) is 5.02 Å². The van der Waals surface area contributed by atoms with Crippen molar-refractivity contribution >= 4 is 17.2 Å². The van der Waals surface area contributed by atoms with Gasteiger partial charge in [-0.25, -0.2) is 9.50 Å². The molecule has 0 aliphatic heterocycles. The monoisotopic (exact) mass is 268 g/mol. The Morgan fingerprint density at radius 2 is 2.11 bits per heavy atom. The second kappa shape index (κ2) is 4.38. The van der Waals surface area contributed by atoms with Crippen molar-refractivity contribution in [2.24, 2.45) is 0 Å². The van der Waals surface area contributed by atoms with Gasteiger partial charge in [-0.3, -0.25) is 0 Å². The Bertz CT molecular complexity index is 814. The van der Waals surface area contributed by atoms with Gasteiger partial charge in [-0.15, -0.1) is 0 Å². The van der Waals surface area contributed by atoms with E-state index in [4.69, 9.17) is 16.9 Å². The minimum absolute atomic E-state index is 0.610. The third-order valence-electron chi connectivity index (χ3n) is 2.98. The van der Waals surface area contributed by atoms with Crippen LogP contribution in [0, 0.1) is 18.3 Å². The van der Waals surface area contributed by atoms with Gasteiger partial charge in [-0.1, -0.05) is 17.7 Å². The standard InChI is InChI=1S/C14H9ClN4/c1-9-4-10(7-16)2-3-12(9)13-5-11(15)6-14-17-8-18-19(13)14/h2-6,8H,1H3. The normalized spacial score (nSPS) is 10.6. The number of benzene rings is 1. The van der Waals surface area contributed by atoms with E-state index in [2.05, 4.69) is 16.2 Å². The molecule has 2 heterocycles. The van der Waals surface area contributed by atoms with Crippen LogP contribution in [0.1, 0.15) is 11.1 Å². The highest BCUT2D eigenvalue weighted by molar-refractivity contribution is 6.31. The lowest BCUT2D eigenvalue weighted by atomic mass is 10.0. The molecule has 92 valence electrons. The molecule has 19 heavy (non-hydrogen) atoms. The van der Waals surface area contributed by atoms with Crippen molar-refractivity contribution < 1.29 is 0 Å². The molecule has 0 amide bonds. The van der Waals surface area contributed by atoms with Crippen LogP contribution >= 0.6 is 11.6 Å². The molecule has 0 atom stereocenters. The van der Waals surface area contributed by atoms with Gasteiger partial charge in [-0.2, -0.15) is 10.4 Å². The van der Waals surface area contributed by atoms with E-state index >= 15 is 0 Å². The van der Waals surface area contributed by atoms with Crippen molar-refractivity contribution in [3.05, 3.63) is 52.8 Å². The molecule has 3 rings (SSSR count). The van der Waals surface area contributed by atoms with Gasteiger partial charge in [0, 0.05) is 16.7 Å².